The van der Waals surface area contributed by atoms with Gasteiger partial charge in [0.25, 0.3) is 0 Å². The molecule has 0 aliphatic carbocycles. The highest BCUT2D eigenvalue weighted by Crippen LogP contribution is 2.22. The molecule has 0 radical (unpaired) electrons. The fourth-order valence-corrected chi connectivity index (χ4v) is 2.28. The Morgan fingerprint density at radius 2 is 1.90 bits per heavy atom. The summed E-state index contributed by atoms with van der Waals surface area (Å²) in [6.07, 6.45) is 3.71. The molecule has 3 rings (SSSR count). The van der Waals surface area contributed by atoms with Gasteiger partial charge in [-0.25, -0.2) is 4.39 Å². The van der Waals surface area contributed by atoms with Crippen LogP contribution in [0, 0.1) is 5.82 Å². The molecule has 4 heteroatoms. The van der Waals surface area contributed by atoms with E-state index in [1.807, 2.05) is 36.5 Å². The summed E-state index contributed by atoms with van der Waals surface area (Å²) >= 11 is 5.98. The standard InChI is InChI=1S/C16H12ClFN2/c17-15-5-2-4-13(8-15)14-9-19-20(11-14)10-12-3-1-6-16(18)7-12/h1-9,11H,10H2. The van der Waals surface area contributed by atoms with Gasteiger partial charge < -0.3 is 0 Å². The molecule has 0 N–H and O–H groups in total. The molecular weight excluding hydrogens is 275 g/mol. The summed E-state index contributed by atoms with van der Waals surface area (Å²) < 4.78 is 14.9. The van der Waals surface area contributed by atoms with Gasteiger partial charge in [0.2, 0.25) is 0 Å². The van der Waals surface area contributed by atoms with Crippen LogP contribution in [-0.2, 0) is 6.54 Å². The van der Waals surface area contributed by atoms with E-state index < -0.39 is 0 Å². The van der Waals surface area contributed by atoms with Crippen molar-refractivity contribution in [3.05, 3.63) is 77.3 Å². The smallest absolute Gasteiger partial charge is 0.123 e. The number of benzene rings is 2. The van der Waals surface area contributed by atoms with Crippen molar-refractivity contribution in [2.24, 2.45) is 0 Å². The second-order valence-corrected chi connectivity index (χ2v) is 5.00. The molecule has 0 aliphatic rings. The molecule has 0 atom stereocenters. The summed E-state index contributed by atoms with van der Waals surface area (Å²) in [5, 5.41) is 4.99. The summed E-state index contributed by atoms with van der Waals surface area (Å²) in [6.45, 7) is 0.540. The Balaban J connectivity index is 1.84. The molecular formula is C16H12ClFN2. The van der Waals surface area contributed by atoms with Gasteiger partial charge >= 0.3 is 0 Å². The zero-order valence-corrected chi connectivity index (χ0v) is 11.4. The monoisotopic (exact) mass is 286 g/mol. The molecule has 0 saturated heterocycles. The number of aromatic nitrogens is 2. The van der Waals surface area contributed by atoms with Crippen molar-refractivity contribution in [2.75, 3.05) is 0 Å². The van der Waals surface area contributed by atoms with E-state index in [0.29, 0.717) is 11.6 Å². The first kappa shape index (κ1) is 12.9. The average molecular weight is 287 g/mol. The molecule has 0 aliphatic heterocycles. The number of halogens is 2. The minimum absolute atomic E-state index is 0.232. The molecule has 0 spiro atoms. The lowest BCUT2D eigenvalue weighted by atomic mass is 10.1. The van der Waals surface area contributed by atoms with Crippen LogP contribution in [0.25, 0.3) is 11.1 Å². The first-order valence-corrected chi connectivity index (χ1v) is 6.61. The van der Waals surface area contributed by atoms with E-state index in [1.165, 1.54) is 12.1 Å². The van der Waals surface area contributed by atoms with E-state index in [0.717, 1.165) is 16.7 Å². The van der Waals surface area contributed by atoms with Crippen LogP contribution in [0.15, 0.2) is 60.9 Å². The Hall–Kier alpha value is -2.13. The van der Waals surface area contributed by atoms with Gasteiger partial charge in [0.15, 0.2) is 0 Å². The molecule has 0 amide bonds. The van der Waals surface area contributed by atoms with Crippen molar-refractivity contribution in [3.63, 3.8) is 0 Å². The van der Waals surface area contributed by atoms with Gasteiger partial charge in [0, 0.05) is 16.8 Å². The van der Waals surface area contributed by atoms with Crippen molar-refractivity contribution in [1.29, 1.82) is 0 Å². The van der Waals surface area contributed by atoms with Crippen LogP contribution < -0.4 is 0 Å². The van der Waals surface area contributed by atoms with Gasteiger partial charge in [-0.15, -0.1) is 0 Å². The third-order valence-corrected chi connectivity index (χ3v) is 3.26. The SMILES string of the molecule is Fc1cccc(Cn2cc(-c3cccc(Cl)c3)cn2)c1. The largest absolute Gasteiger partial charge is 0.268 e. The van der Waals surface area contributed by atoms with Crippen LogP contribution in [0.5, 0.6) is 0 Å². The van der Waals surface area contributed by atoms with E-state index in [1.54, 1.807) is 16.9 Å². The van der Waals surface area contributed by atoms with E-state index in [9.17, 15) is 4.39 Å². The quantitative estimate of drug-likeness (QED) is 0.698. The van der Waals surface area contributed by atoms with Crippen LogP contribution in [-0.4, -0.2) is 9.78 Å². The maximum atomic E-state index is 13.1. The molecule has 3 aromatic rings. The lowest BCUT2D eigenvalue weighted by Crippen LogP contribution is -1.99. The fraction of sp³-hybridized carbons (Fsp3) is 0.0625. The normalized spacial score (nSPS) is 10.7. The third-order valence-electron chi connectivity index (χ3n) is 3.02. The lowest BCUT2D eigenvalue weighted by Gasteiger charge is -2.02. The minimum Gasteiger partial charge on any atom is -0.268 e. The van der Waals surface area contributed by atoms with Crippen molar-refractivity contribution < 1.29 is 4.39 Å². The molecule has 2 aromatic carbocycles. The first-order chi connectivity index (χ1) is 9.70. The highest BCUT2D eigenvalue weighted by molar-refractivity contribution is 6.30. The Bertz CT molecular complexity index is 737. The summed E-state index contributed by atoms with van der Waals surface area (Å²) in [7, 11) is 0. The first-order valence-electron chi connectivity index (χ1n) is 6.23. The molecule has 0 saturated carbocycles. The highest BCUT2D eigenvalue weighted by Gasteiger charge is 2.03. The minimum atomic E-state index is -0.232. The van der Waals surface area contributed by atoms with Crippen molar-refractivity contribution in [2.45, 2.75) is 6.54 Å². The van der Waals surface area contributed by atoms with E-state index in [-0.39, 0.29) is 5.82 Å². The van der Waals surface area contributed by atoms with Crippen LogP contribution in [0.2, 0.25) is 5.02 Å². The molecule has 1 aromatic heterocycles. The van der Waals surface area contributed by atoms with E-state index in [2.05, 4.69) is 5.10 Å². The Labute approximate surface area is 121 Å². The third kappa shape index (κ3) is 2.89. The summed E-state index contributed by atoms with van der Waals surface area (Å²) in [5.74, 6) is -0.232. The number of rotatable bonds is 3. The van der Waals surface area contributed by atoms with Crippen molar-refractivity contribution in [1.82, 2.24) is 9.78 Å². The van der Waals surface area contributed by atoms with Crippen molar-refractivity contribution in [3.8, 4) is 11.1 Å². The van der Waals surface area contributed by atoms with Gasteiger partial charge in [0.1, 0.15) is 5.82 Å². The maximum Gasteiger partial charge on any atom is 0.123 e. The number of hydrogen-bond donors (Lipinski definition) is 0. The predicted molar refractivity (Wildman–Crippen MR) is 78.2 cm³/mol. The summed E-state index contributed by atoms with van der Waals surface area (Å²) in [5.41, 5.74) is 2.89. The summed E-state index contributed by atoms with van der Waals surface area (Å²) in [4.78, 5) is 0. The van der Waals surface area contributed by atoms with Gasteiger partial charge in [0.05, 0.1) is 12.7 Å². The highest BCUT2D eigenvalue weighted by atomic mass is 35.5. The van der Waals surface area contributed by atoms with E-state index in [4.69, 9.17) is 11.6 Å². The average Bonchev–Trinajstić information content (AvgIpc) is 2.87. The maximum absolute atomic E-state index is 13.1. The van der Waals surface area contributed by atoms with Gasteiger partial charge in [-0.3, -0.25) is 4.68 Å². The molecule has 1 heterocycles. The van der Waals surface area contributed by atoms with Gasteiger partial charge in [-0.05, 0) is 35.4 Å². The predicted octanol–water partition coefficient (Wildman–Crippen LogP) is 4.39. The Morgan fingerprint density at radius 3 is 2.70 bits per heavy atom. The molecule has 100 valence electrons. The number of hydrogen-bond acceptors (Lipinski definition) is 1. The second-order valence-electron chi connectivity index (χ2n) is 4.57. The Morgan fingerprint density at radius 1 is 1.05 bits per heavy atom. The summed E-state index contributed by atoms with van der Waals surface area (Å²) in [6, 6.07) is 14.1. The van der Waals surface area contributed by atoms with Crippen LogP contribution in [0.3, 0.4) is 0 Å². The zero-order chi connectivity index (χ0) is 13.9. The Kier molecular flexibility index (Phi) is 3.52. The molecule has 0 bridgehead atoms. The fourth-order valence-electron chi connectivity index (χ4n) is 2.09. The second kappa shape index (κ2) is 5.47. The van der Waals surface area contributed by atoms with Crippen LogP contribution in [0.4, 0.5) is 4.39 Å². The van der Waals surface area contributed by atoms with Gasteiger partial charge in [-0.2, -0.15) is 5.10 Å². The lowest BCUT2D eigenvalue weighted by molar-refractivity contribution is 0.619. The topological polar surface area (TPSA) is 17.8 Å². The van der Waals surface area contributed by atoms with Gasteiger partial charge in [-0.1, -0.05) is 35.9 Å². The van der Waals surface area contributed by atoms with Crippen LogP contribution >= 0.6 is 11.6 Å². The molecule has 2 nitrogen and oxygen atoms in total. The van der Waals surface area contributed by atoms with Crippen LogP contribution in [0.1, 0.15) is 5.56 Å². The van der Waals surface area contributed by atoms with Crippen molar-refractivity contribution >= 4 is 11.6 Å². The number of nitrogens with zero attached hydrogens (tertiary/aromatic N) is 2. The molecule has 20 heavy (non-hydrogen) atoms. The zero-order valence-electron chi connectivity index (χ0n) is 10.6. The van der Waals surface area contributed by atoms with E-state index >= 15 is 0 Å². The molecule has 0 fully saturated rings. The molecule has 0 unspecified atom stereocenters.